The zero-order chi connectivity index (χ0) is 14.7. The molecule has 1 fully saturated rings. The maximum atomic E-state index is 6.13. The molecule has 2 rings (SSSR count). The van der Waals surface area contributed by atoms with Gasteiger partial charge in [0.25, 0.3) is 0 Å². The first-order valence-corrected chi connectivity index (χ1v) is 7.95. The number of nitrogens with zero attached hydrogens (tertiary/aromatic N) is 1. The number of hydrazine groups is 1. The number of thiocarbonyl (C=S) groups is 1. The second-order valence-electron chi connectivity index (χ2n) is 5.23. The summed E-state index contributed by atoms with van der Waals surface area (Å²) >= 11 is 17.4. The van der Waals surface area contributed by atoms with E-state index in [1.54, 1.807) is 12.1 Å². The van der Waals surface area contributed by atoms with E-state index in [1.807, 2.05) is 6.07 Å². The highest BCUT2D eigenvalue weighted by Crippen LogP contribution is 2.25. The lowest BCUT2D eigenvalue weighted by molar-refractivity contribution is 0.0750. The van der Waals surface area contributed by atoms with Gasteiger partial charge in [0.05, 0.1) is 10.7 Å². The van der Waals surface area contributed by atoms with E-state index in [4.69, 9.17) is 35.4 Å². The smallest absolute Gasteiger partial charge is 0.185 e. The molecule has 6 heteroatoms. The van der Waals surface area contributed by atoms with Gasteiger partial charge in [0.1, 0.15) is 0 Å². The summed E-state index contributed by atoms with van der Waals surface area (Å²) in [6, 6.07) is 6.24. The van der Waals surface area contributed by atoms with Gasteiger partial charge in [0, 0.05) is 17.1 Å². The van der Waals surface area contributed by atoms with E-state index in [1.165, 1.54) is 19.3 Å². The van der Waals surface area contributed by atoms with Crippen LogP contribution in [0.4, 0.5) is 5.69 Å². The van der Waals surface area contributed by atoms with Crippen molar-refractivity contribution in [2.24, 2.45) is 0 Å². The number of anilines is 1. The van der Waals surface area contributed by atoms with Crippen LogP contribution in [0.3, 0.4) is 0 Å². The van der Waals surface area contributed by atoms with E-state index in [-0.39, 0.29) is 0 Å². The normalized spacial score (nSPS) is 23.4. The van der Waals surface area contributed by atoms with Gasteiger partial charge in [-0.3, -0.25) is 5.43 Å². The van der Waals surface area contributed by atoms with Crippen LogP contribution in [-0.4, -0.2) is 22.2 Å². The van der Waals surface area contributed by atoms with Crippen molar-refractivity contribution in [2.75, 3.05) is 5.32 Å². The van der Waals surface area contributed by atoms with Gasteiger partial charge < -0.3 is 5.32 Å². The molecule has 2 atom stereocenters. The van der Waals surface area contributed by atoms with Crippen LogP contribution in [0, 0.1) is 0 Å². The molecule has 2 N–H and O–H groups in total. The Hall–Kier alpha value is -0.550. The van der Waals surface area contributed by atoms with Crippen LogP contribution in [0.15, 0.2) is 18.2 Å². The summed E-state index contributed by atoms with van der Waals surface area (Å²) in [6.07, 6.45) is 3.63. The van der Waals surface area contributed by atoms with Gasteiger partial charge in [-0.15, -0.1) is 0 Å². The van der Waals surface area contributed by atoms with Crippen LogP contribution in [0.25, 0.3) is 0 Å². The van der Waals surface area contributed by atoms with E-state index in [0.29, 0.717) is 27.2 Å². The topological polar surface area (TPSA) is 27.3 Å². The number of benzene rings is 1. The molecule has 0 amide bonds. The van der Waals surface area contributed by atoms with Crippen LogP contribution >= 0.6 is 35.4 Å². The highest BCUT2D eigenvalue weighted by molar-refractivity contribution is 7.80. The van der Waals surface area contributed by atoms with Crippen LogP contribution in [0.5, 0.6) is 0 Å². The minimum absolute atomic E-state index is 0.471. The molecule has 0 unspecified atom stereocenters. The fraction of sp³-hybridized carbons (Fsp3) is 0.500. The van der Waals surface area contributed by atoms with Gasteiger partial charge in [0.2, 0.25) is 0 Å². The van der Waals surface area contributed by atoms with E-state index in [0.717, 1.165) is 5.69 Å². The van der Waals surface area contributed by atoms with Crippen molar-refractivity contribution >= 4 is 46.2 Å². The van der Waals surface area contributed by atoms with Crippen molar-refractivity contribution in [2.45, 2.75) is 45.2 Å². The SMILES string of the molecule is C[C@@H]1CCC[C@H](C)N1NC(=S)Nc1ccc(Cl)cc1Cl. The Morgan fingerprint density at radius 1 is 1.25 bits per heavy atom. The maximum Gasteiger partial charge on any atom is 0.185 e. The Kier molecular flexibility index (Phi) is 5.49. The predicted molar refractivity (Wildman–Crippen MR) is 90.4 cm³/mol. The number of hydrogen-bond acceptors (Lipinski definition) is 2. The molecule has 1 heterocycles. The molecule has 0 saturated carbocycles. The number of piperidine rings is 1. The zero-order valence-electron chi connectivity index (χ0n) is 11.6. The van der Waals surface area contributed by atoms with Gasteiger partial charge in [-0.25, -0.2) is 5.01 Å². The van der Waals surface area contributed by atoms with Crippen molar-refractivity contribution < 1.29 is 0 Å². The fourth-order valence-corrected chi connectivity index (χ4v) is 3.17. The molecule has 0 spiro atoms. The van der Waals surface area contributed by atoms with Gasteiger partial charge in [-0.2, -0.15) is 0 Å². The standard InChI is InChI=1S/C14H19Cl2N3S/c1-9-4-3-5-10(2)19(9)18-14(20)17-13-7-6-11(15)8-12(13)16/h6-10H,3-5H2,1-2H3,(H2,17,18,20)/t9-,10+. The summed E-state index contributed by atoms with van der Waals surface area (Å²) in [6.45, 7) is 4.42. The molecule has 1 aliphatic rings. The van der Waals surface area contributed by atoms with Gasteiger partial charge in [-0.05, 0) is 57.1 Å². The highest BCUT2D eigenvalue weighted by Gasteiger charge is 2.25. The van der Waals surface area contributed by atoms with E-state index < -0.39 is 0 Å². The largest absolute Gasteiger partial charge is 0.330 e. The quantitative estimate of drug-likeness (QED) is 0.782. The lowest BCUT2D eigenvalue weighted by Crippen LogP contribution is -2.55. The molecule has 1 saturated heterocycles. The molecule has 110 valence electrons. The molecular weight excluding hydrogens is 313 g/mol. The second kappa shape index (κ2) is 6.94. The Morgan fingerprint density at radius 3 is 2.50 bits per heavy atom. The van der Waals surface area contributed by atoms with Crippen LogP contribution < -0.4 is 10.7 Å². The van der Waals surface area contributed by atoms with E-state index in [2.05, 4.69) is 29.6 Å². The monoisotopic (exact) mass is 331 g/mol. The zero-order valence-corrected chi connectivity index (χ0v) is 13.9. The molecule has 3 nitrogen and oxygen atoms in total. The van der Waals surface area contributed by atoms with E-state index in [9.17, 15) is 0 Å². The Morgan fingerprint density at radius 2 is 1.90 bits per heavy atom. The van der Waals surface area contributed by atoms with Gasteiger partial charge >= 0.3 is 0 Å². The van der Waals surface area contributed by atoms with Crippen molar-refractivity contribution in [1.29, 1.82) is 0 Å². The van der Waals surface area contributed by atoms with Crippen LogP contribution in [0.2, 0.25) is 10.0 Å². The maximum absolute atomic E-state index is 6.13. The molecule has 1 aliphatic heterocycles. The number of nitrogens with one attached hydrogen (secondary N) is 2. The summed E-state index contributed by atoms with van der Waals surface area (Å²) < 4.78 is 0. The lowest BCUT2D eigenvalue weighted by atomic mass is 10.00. The third-order valence-corrected chi connectivity index (χ3v) is 4.34. The molecule has 0 bridgehead atoms. The lowest BCUT2D eigenvalue weighted by Gasteiger charge is -2.39. The van der Waals surface area contributed by atoms with Crippen molar-refractivity contribution in [3.8, 4) is 0 Å². The Balaban J connectivity index is 1.98. The van der Waals surface area contributed by atoms with Gasteiger partial charge in [0.15, 0.2) is 5.11 Å². The summed E-state index contributed by atoms with van der Waals surface area (Å²) in [5.74, 6) is 0. The first kappa shape index (κ1) is 15.8. The number of rotatable bonds is 2. The average molecular weight is 332 g/mol. The highest BCUT2D eigenvalue weighted by atomic mass is 35.5. The third-order valence-electron chi connectivity index (χ3n) is 3.60. The Bertz CT molecular complexity index is 485. The van der Waals surface area contributed by atoms with E-state index >= 15 is 0 Å². The summed E-state index contributed by atoms with van der Waals surface area (Å²) in [5.41, 5.74) is 4.03. The number of hydrogen-bond donors (Lipinski definition) is 2. The van der Waals surface area contributed by atoms with Crippen molar-refractivity contribution in [1.82, 2.24) is 10.4 Å². The van der Waals surface area contributed by atoms with Crippen LogP contribution in [0.1, 0.15) is 33.1 Å². The molecule has 20 heavy (non-hydrogen) atoms. The molecular formula is C14H19Cl2N3S. The molecule has 0 radical (unpaired) electrons. The van der Waals surface area contributed by atoms with Crippen molar-refractivity contribution in [3.63, 3.8) is 0 Å². The molecule has 0 aromatic heterocycles. The third kappa shape index (κ3) is 3.98. The number of halogens is 2. The second-order valence-corrected chi connectivity index (χ2v) is 6.48. The first-order chi connectivity index (χ1) is 9.47. The Labute approximate surface area is 135 Å². The summed E-state index contributed by atoms with van der Waals surface area (Å²) in [7, 11) is 0. The predicted octanol–water partition coefficient (Wildman–Crippen LogP) is 4.46. The minimum Gasteiger partial charge on any atom is -0.330 e. The summed E-state index contributed by atoms with van der Waals surface area (Å²) in [5, 5.41) is 7.04. The average Bonchev–Trinajstić information content (AvgIpc) is 2.37. The van der Waals surface area contributed by atoms with Crippen molar-refractivity contribution in [3.05, 3.63) is 28.2 Å². The molecule has 0 aliphatic carbocycles. The first-order valence-electron chi connectivity index (χ1n) is 6.78. The molecule has 1 aromatic rings. The minimum atomic E-state index is 0.471. The van der Waals surface area contributed by atoms with Crippen LogP contribution in [-0.2, 0) is 0 Å². The van der Waals surface area contributed by atoms with Gasteiger partial charge in [-0.1, -0.05) is 29.6 Å². The molecule has 1 aromatic carbocycles. The summed E-state index contributed by atoms with van der Waals surface area (Å²) in [4.78, 5) is 0. The fourth-order valence-electron chi connectivity index (χ4n) is 2.50.